The molecule has 6 heteroatoms. The zero-order valence-corrected chi connectivity index (χ0v) is 20.1. The molecule has 1 atom stereocenters. The molecule has 0 saturated heterocycles. The van der Waals surface area contributed by atoms with Crippen LogP contribution in [-0.4, -0.2) is 22.0 Å². The minimum Gasteiger partial charge on any atom is -0.481 e. The first kappa shape index (κ1) is 23.6. The van der Waals surface area contributed by atoms with Gasteiger partial charge < -0.3 is 10.8 Å². The number of benzene rings is 1. The molecule has 34 heavy (non-hydrogen) atoms. The van der Waals surface area contributed by atoms with Gasteiger partial charge in [-0.1, -0.05) is 66.8 Å². The first-order valence-electron chi connectivity index (χ1n) is 11.3. The molecule has 1 heterocycles. The summed E-state index contributed by atoms with van der Waals surface area (Å²) in [6.45, 7) is 3.43. The van der Waals surface area contributed by atoms with Crippen LogP contribution in [0.1, 0.15) is 42.1 Å². The number of aryl methyl sites for hydroxylation is 1. The van der Waals surface area contributed by atoms with Crippen molar-refractivity contribution >= 4 is 34.4 Å². The van der Waals surface area contributed by atoms with Gasteiger partial charge in [-0.3, -0.25) is 9.59 Å². The summed E-state index contributed by atoms with van der Waals surface area (Å²) in [6, 6.07) is 10.2. The third-order valence-corrected chi connectivity index (χ3v) is 7.43. The van der Waals surface area contributed by atoms with Crippen LogP contribution in [0.15, 0.2) is 84.1 Å². The number of carbonyl (C=O) groups is 2. The number of amides is 1. The zero-order valence-electron chi connectivity index (χ0n) is 19.3. The smallest absolute Gasteiger partial charge is 0.309 e. The van der Waals surface area contributed by atoms with Crippen molar-refractivity contribution in [2.24, 2.45) is 17.1 Å². The highest BCUT2D eigenvalue weighted by atomic mass is 32.1. The van der Waals surface area contributed by atoms with E-state index in [1.54, 1.807) is 20.0 Å². The van der Waals surface area contributed by atoms with E-state index in [9.17, 15) is 14.7 Å². The van der Waals surface area contributed by atoms with E-state index in [0.717, 1.165) is 44.2 Å². The SMILES string of the molecule is CC(C)(CCc1ncc(C2=CC=CC(=C3C=CC(c4ccccc4)=CC3)C2C(N)=O)s1)C(=O)O. The van der Waals surface area contributed by atoms with Gasteiger partial charge in [-0.15, -0.1) is 11.3 Å². The Hall–Kier alpha value is -3.51. The lowest BCUT2D eigenvalue weighted by molar-refractivity contribution is -0.147. The van der Waals surface area contributed by atoms with Gasteiger partial charge in [0.2, 0.25) is 5.91 Å². The molecule has 1 amide bonds. The van der Waals surface area contributed by atoms with E-state index in [-0.39, 0.29) is 0 Å². The molecule has 5 nitrogen and oxygen atoms in total. The Morgan fingerprint density at radius 1 is 1.18 bits per heavy atom. The number of rotatable bonds is 7. The molecule has 174 valence electrons. The van der Waals surface area contributed by atoms with Crippen molar-refractivity contribution in [2.75, 3.05) is 0 Å². The van der Waals surface area contributed by atoms with Gasteiger partial charge in [0.05, 0.1) is 21.2 Å². The molecule has 0 saturated carbocycles. The average Bonchev–Trinajstić information content (AvgIpc) is 3.32. The number of primary amides is 1. The lowest BCUT2D eigenvalue weighted by Crippen LogP contribution is -2.27. The fourth-order valence-electron chi connectivity index (χ4n) is 4.13. The first-order valence-corrected chi connectivity index (χ1v) is 12.1. The second kappa shape index (κ2) is 9.77. The molecule has 0 spiro atoms. The van der Waals surface area contributed by atoms with Crippen molar-refractivity contribution in [1.82, 2.24) is 4.98 Å². The maximum absolute atomic E-state index is 12.6. The molecule has 3 N–H and O–H groups in total. The summed E-state index contributed by atoms with van der Waals surface area (Å²) in [7, 11) is 0. The van der Waals surface area contributed by atoms with Crippen LogP contribution < -0.4 is 5.73 Å². The van der Waals surface area contributed by atoms with Gasteiger partial charge in [0.25, 0.3) is 0 Å². The Bertz CT molecular complexity index is 1260. The lowest BCUT2D eigenvalue weighted by atomic mass is 9.81. The van der Waals surface area contributed by atoms with E-state index >= 15 is 0 Å². The third-order valence-electron chi connectivity index (χ3n) is 6.32. The van der Waals surface area contributed by atoms with Crippen LogP contribution in [0.5, 0.6) is 0 Å². The molecule has 4 rings (SSSR count). The van der Waals surface area contributed by atoms with Crippen molar-refractivity contribution in [1.29, 1.82) is 0 Å². The number of allylic oxidation sites excluding steroid dienone is 8. The van der Waals surface area contributed by atoms with Gasteiger partial charge in [0, 0.05) is 12.6 Å². The normalized spacial score (nSPS) is 20.1. The van der Waals surface area contributed by atoms with Crippen LogP contribution in [0, 0.1) is 11.3 Å². The van der Waals surface area contributed by atoms with Crippen LogP contribution in [0.2, 0.25) is 0 Å². The van der Waals surface area contributed by atoms with Crippen LogP contribution in [0.25, 0.3) is 11.1 Å². The number of thiazole rings is 1. The Balaban J connectivity index is 1.57. The van der Waals surface area contributed by atoms with E-state index in [0.29, 0.717) is 12.8 Å². The molecule has 0 radical (unpaired) electrons. The van der Waals surface area contributed by atoms with E-state index < -0.39 is 23.2 Å². The number of hydrogen-bond donors (Lipinski definition) is 2. The molecule has 2 aliphatic rings. The molecule has 2 aromatic rings. The largest absolute Gasteiger partial charge is 0.481 e. The first-order chi connectivity index (χ1) is 16.3. The van der Waals surface area contributed by atoms with Gasteiger partial charge in [-0.05, 0) is 54.5 Å². The summed E-state index contributed by atoms with van der Waals surface area (Å²) in [5.74, 6) is -1.77. The Kier molecular flexibility index (Phi) is 6.80. The van der Waals surface area contributed by atoms with Crippen LogP contribution in [-0.2, 0) is 16.0 Å². The number of hydrogen-bond acceptors (Lipinski definition) is 4. The number of carboxylic acids is 1. The van der Waals surface area contributed by atoms with E-state index in [4.69, 9.17) is 5.73 Å². The molecule has 0 fully saturated rings. The highest BCUT2D eigenvalue weighted by Crippen LogP contribution is 2.39. The van der Waals surface area contributed by atoms with Gasteiger partial charge in [-0.25, -0.2) is 4.98 Å². The minimum absolute atomic E-state index is 0.397. The van der Waals surface area contributed by atoms with Crippen molar-refractivity contribution in [2.45, 2.75) is 33.1 Å². The number of nitrogens with zero attached hydrogens (tertiary/aromatic N) is 1. The van der Waals surface area contributed by atoms with E-state index in [1.165, 1.54) is 11.3 Å². The summed E-state index contributed by atoms with van der Waals surface area (Å²) in [4.78, 5) is 29.4. The molecular weight excluding hydrogens is 444 g/mol. The highest BCUT2D eigenvalue weighted by Gasteiger charge is 2.30. The highest BCUT2D eigenvalue weighted by molar-refractivity contribution is 7.12. The number of nitrogens with two attached hydrogens (primary N) is 1. The second-order valence-corrected chi connectivity index (χ2v) is 10.3. The van der Waals surface area contributed by atoms with Crippen molar-refractivity contribution in [3.63, 3.8) is 0 Å². The molecule has 0 aliphatic heterocycles. The number of carboxylic acid groups (broad SMARTS) is 1. The van der Waals surface area contributed by atoms with E-state index in [1.807, 2.05) is 36.4 Å². The molecule has 2 aliphatic carbocycles. The van der Waals surface area contributed by atoms with E-state index in [2.05, 4.69) is 35.3 Å². The summed E-state index contributed by atoms with van der Waals surface area (Å²) >= 11 is 1.49. The molecule has 0 bridgehead atoms. The zero-order chi connectivity index (χ0) is 24.3. The van der Waals surface area contributed by atoms with Crippen LogP contribution >= 0.6 is 11.3 Å². The third kappa shape index (κ3) is 5.02. The van der Waals surface area contributed by atoms with Gasteiger partial charge in [0.15, 0.2) is 0 Å². The Morgan fingerprint density at radius 3 is 2.59 bits per heavy atom. The summed E-state index contributed by atoms with van der Waals surface area (Å²) < 4.78 is 0. The maximum atomic E-state index is 12.6. The summed E-state index contributed by atoms with van der Waals surface area (Å²) in [5, 5.41) is 10.2. The van der Waals surface area contributed by atoms with Crippen LogP contribution in [0.4, 0.5) is 0 Å². The number of aliphatic carboxylic acids is 1. The van der Waals surface area contributed by atoms with Gasteiger partial charge in [0.1, 0.15) is 0 Å². The second-order valence-electron chi connectivity index (χ2n) is 9.17. The standard InChI is InChI=1S/C28H28N2O3S/c1-28(2,27(32)33)16-15-24-30-17-23(34-24)22-10-6-9-21(25(22)26(29)31)20-13-11-19(12-14-20)18-7-4-3-5-8-18/h3-13,17,25H,14-16H2,1-2H3,(H2,29,31)(H,32,33). The minimum atomic E-state index is -0.820. The Morgan fingerprint density at radius 2 is 1.94 bits per heavy atom. The van der Waals surface area contributed by atoms with Crippen molar-refractivity contribution in [3.05, 3.63) is 99.6 Å². The predicted molar refractivity (Wildman–Crippen MR) is 137 cm³/mol. The Labute approximate surface area is 203 Å². The lowest BCUT2D eigenvalue weighted by Gasteiger charge is -2.24. The topological polar surface area (TPSA) is 93.3 Å². The number of aromatic nitrogens is 1. The fraction of sp³-hybridized carbons (Fsp3) is 0.250. The van der Waals surface area contributed by atoms with Crippen molar-refractivity contribution in [3.8, 4) is 0 Å². The van der Waals surface area contributed by atoms with Gasteiger partial charge >= 0.3 is 5.97 Å². The average molecular weight is 473 g/mol. The molecule has 1 aromatic heterocycles. The number of carbonyl (C=O) groups excluding carboxylic acids is 1. The summed E-state index contributed by atoms with van der Waals surface area (Å²) in [6.07, 6.45) is 15.7. The maximum Gasteiger partial charge on any atom is 0.309 e. The predicted octanol–water partition coefficient (Wildman–Crippen LogP) is 5.58. The molecule has 1 unspecified atom stereocenters. The quantitative estimate of drug-likeness (QED) is 0.550. The molecule has 1 aromatic carbocycles. The summed E-state index contributed by atoms with van der Waals surface area (Å²) in [5.41, 5.74) is 10.2. The monoisotopic (exact) mass is 472 g/mol. The van der Waals surface area contributed by atoms with Crippen molar-refractivity contribution < 1.29 is 14.7 Å². The van der Waals surface area contributed by atoms with Gasteiger partial charge in [-0.2, -0.15) is 0 Å². The van der Waals surface area contributed by atoms with Crippen LogP contribution in [0.3, 0.4) is 0 Å². The fourth-order valence-corrected chi connectivity index (χ4v) is 5.10. The molecular formula is C28H28N2O3S.